The average Bonchev–Trinajstić information content (AvgIpc) is 2.94. The molecule has 1 aromatic carbocycles. The number of carbonyl (C=O) groups is 1. The smallest absolute Gasteiger partial charge is 0.267 e. The number of carbonyl (C=O) groups excluding carboxylic acids is 1. The zero-order valence-corrected chi connectivity index (χ0v) is 12.4. The maximum atomic E-state index is 12.1. The van der Waals surface area contributed by atoms with Gasteiger partial charge >= 0.3 is 0 Å². The third kappa shape index (κ3) is 3.37. The topological polar surface area (TPSA) is 57.4 Å². The number of rotatable bonds is 4. The van der Waals surface area contributed by atoms with Crippen LogP contribution in [0, 0.1) is 0 Å². The van der Waals surface area contributed by atoms with Crippen LogP contribution >= 0.6 is 11.6 Å². The van der Waals surface area contributed by atoms with Crippen LogP contribution in [0.5, 0.6) is 0 Å². The van der Waals surface area contributed by atoms with E-state index in [1.807, 2.05) is 18.2 Å². The Kier molecular flexibility index (Phi) is 4.43. The molecule has 2 heterocycles. The first-order valence-corrected chi connectivity index (χ1v) is 7.47. The molecule has 3 rings (SSSR count). The van der Waals surface area contributed by atoms with Crippen molar-refractivity contribution in [2.24, 2.45) is 0 Å². The van der Waals surface area contributed by atoms with Gasteiger partial charge in [0.1, 0.15) is 5.69 Å². The summed E-state index contributed by atoms with van der Waals surface area (Å²) in [5.74, 6) is -0.101. The molecule has 2 N–H and O–H groups in total. The SMILES string of the molecule is O=C(NCCN1CCOCC1)c1cc2c(Cl)cccc2[nH]1. The lowest BCUT2D eigenvalue weighted by atomic mass is 10.2. The number of fused-ring (bicyclic) bond motifs is 1. The Labute approximate surface area is 128 Å². The number of amides is 1. The molecule has 1 fully saturated rings. The molecule has 6 heteroatoms. The summed E-state index contributed by atoms with van der Waals surface area (Å²) < 4.78 is 5.29. The molecule has 0 spiro atoms. The molecule has 1 saturated heterocycles. The molecule has 1 amide bonds. The number of halogens is 1. The monoisotopic (exact) mass is 307 g/mol. The van der Waals surface area contributed by atoms with E-state index in [0.717, 1.165) is 43.8 Å². The van der Waals surface area contributed by atoms with E-state index in [0.29, 0.717) is 17.3 Å². The number of aromatic nitrogens is 1. The second kappa shape index (κ2) is 6.47. The maximum absolute atomic E-state index is 12.1. The van der Waals surface area contributed by atoms with Gasteiger partial charge in [-0.15, -0.1) is 0 Å². The van der Waals surface area contributed by atoms with Gasteiger partial charge in [-0.25, -0.2) is 0 Å². The average molecular weight is 308 g/mol. The van der Waals surface area contributed by atoms with Crippen LogP contribution < -0.4 is 5.32 Å². The van der Waals surface area contributed by atoms with E-state index in [1.54, 1.807) is 6.07 Å². The summed E-state index contributed by atoms with van der Waals surface area (Å²) in [6.07, 6.45) is 0. The van der Waals surface area contributed by atoms with E-state index in [9.17, 15) is 4.79 Å². The first-order chi connectivity index (χ1) is 10.2. The highest BCUT2D eigenvalue weighted by Gasteiger charge is 2.13. The minimum Gasteiger partial charge on any atom is -0.379 e. The molecule has 21 heavy (non-hydrogen) atoms. The lowest BCUT2D eigenvalue weighted by Crippen LogP contribution is -2.41. The van der Waals surface area contributed by atoms with E-state index in [-0.39, 0.29) is 5.91 Å². The molecule has 1 aromatic heterocycles. The van der Waals surface area contributed by atoms with E-state index in [1.165, 1.54) is 0 Å². The van der Waals surface area contributed by atoms with E-state index < -0.39 is 0 Å². The van der Waals surface area contributed by atoms with Crippen molar-refractivity contribution < 1.29 is 9.53 Å². The summed E-state index contributed by atoms with van der Waals surface area (Å²) in [7, 11) is 0. The van der Waals surface area contributed by atoms with Gasteiger partial charge in [-0.3, -0.25) is 9.69 Å². The third-order valence-electron chi connectivity index (χ3n) is 3.67. The zero-order valence-electron chi connectivity index (χ0n) is 11.7. The fourth-order valence-corrected chi connectivity index (χ4v) is 2.72. The summed E-state index contributed by atoms with van der Waals surface area (Å²) in [4.78, 5) is 17.5. The second-order valence-electron chi connectivity index (χ2n) is 5.09. The van der Waals surface area contributed by atoms with Gasteiger partial charge in [0, 0.05) is 42.1 Å². The van der Waals surface area contributed by atoms with E-state index in [2.05, 4.69) is 15.2 Å². The number of hydrogen-bond acceptors (Lipinski definition) is 3. The van der Waals surface area contributed by atoms with Crippen molar-refractivity contribution in [1.82, 2.24) is 15.2 Å². The number of aromatic amines is 1. The van der Waals surface area contributed by atoms with Crippen LogP contribution in [0.4, 0.5) is 0 Å². The van der Waals surface area contributed by atoms with Gasteiger partial charge in [0.2, 0.25) is 0 Å². The minimum absolute atomic E-state index is 0.101. The number of morpholine rings is 1. The number of hydrogen-bond donors (Lipinski definition) is 2. The Morgan fingerprint density at radius 3 is 2.95 bits per heavy atom. The standard InChI is InChI=1S/C15H18ClN3O2/c16-12-2-1-3-13-11(12)10-14(18-13)15(20)17-4-5-19-6-8-21-9-7-19/h1-3,10,18H,4-9H2,(H,17,20). The van der Waals surface area contributed by atoms with Crippen molar-refractivity contribution in [3.63, 3.8) is 0 Å². The van der Waals surface area contributed by atoms with Crippen molar-refractivity contribution in [2.45, 2.75) is 0 Å². The van der Waals surface area contributed by atoms with Crippen LogP contribution in [-0.2, 0) is 4.74 Å². The maximum Gasteiger partial charge on any atom is 0.267 e. The molecule has 0 radical (unpaired) electrons. The lowest BCUT2D eigenvalue weighted by molar-refractivity contribution is 0.0383. The van der Waals surface area contributed by atoms with Crippen LogP contribution in [0.3, 0.4) is 0 Å². The summed E-state index contributed by atoms with van der Waals surface area (Å²) in [5, 5.41) is 4.45. The summed E-state index contributed by atoms with van der Waals surface area (Å²) >= 11 is 6.11. The van der Waals surface area contributed by atoms with Crippen molar-refractivity contribution in [3.8, 4) is 0 Å². The number of nitrogens with zero attached hydrogens (tertiary/aromatic N) is 1. The van der Waals surface area contributed by atoms with Gasteiger partial charge in [-0.2, -0.15) is 0 Å². The summed E-state index contributed by atoms with van der Waals surface area (Å²) in [6, 6.07) is 7.38. The molecular weight excluding hydrogens is 290 g/mol. The highest BCUT2D eigenvalue weighted by molar-refractivity contribution is 6.35. The highest BCUT2D eigenvalue weighted by Crippen LogP contribution is 2.23. The molecular formula is C15H18ClN3O2. The van der Waals surface area contributed by atoms with Gasteiger partial charge in [0.25, 0.3) is 5.91 Å². The van der Waals surface area contributed by atoms with Crippen molar-refractivity contribution in [2.75, 3.05) is 39.4 Å². The quantitative estimate of drug-likeness (QED) is 0.907. The predicted molar refractivity (Wildman–Crippen MR) is 82.9 cm³/mol. The molecule has 5 nitrogen and oxygen atoms in total. The molecule has 2 aromatic rings. The molecule has 1 aliphatic heterocycles. The van der Waals surface area contributed by atoms with E-state index >= 15 is 0 Å². The van der Waals surface area contributed by atoms with Crippen LogP contribution in [0.2, 0.25) is 5.02 Å². The minimum atomic E-state index is -0.101. The summed E-state index contributed by atoms with van der Waals surface area (Å²) in [6.45, 7) is 4.87. The fraction of sp³-hybridized carbons (Fsp3) is 0.400. The Bertz CT molecular complexity index is 635. The Hall–Kier alpha value is -1.56. The molecule has 0 aliphatic carbocycles. The first kappa shape index (κ1) is 14.4. The third-order valence-corrected chi connectivity index (χ3v) is 4.00. The number of nitrogens with one attached hydrogen (secondary N) is 2. The molecule has 112 valence electrons. The molecule has 1 aliphatic rings. The number of H-pyrrole nitrogens is 1. The van der Waals surface area contributed by atoms with Gasteiger partial charge in [0.05, 0.1) is 13.2 Å². The van der Waals surface area contributed by atoms with Crippen molar-refractivity contribution in [3.05, 3.63) is 35.0 Å². The van der Waals surface area contributed by atoms with Crippen LogP contribution in [0.25, 0.3) is 10.9 Å². The van der Waals surface area contributed by atoms with Gasteiger partial charge in [-0.1, -0.05) is 17.7 Å². The molecule has 0 saturated carbocycles. The first-order valence-electron chi connectivity index (χ1n) is 7.09. The number of ether oxygens (including phenoxy) is 1. The normalized spacial score (nSPS) is 16.2. The van der Waals surface area contributed by atoms with Gasteiger partial charge in [0.15, 0.2) is 0 Å². The second-order valence-corrected chi connectivity index (χ2v) is 5.50. The van der Waals surface area contributed by atoms with Crippen LogP contribution in [0.15, 0.2) is 24.3 Å². The van der Waals surface area contributed by atoms with Crippen LogP contribution in [0.1, 0.15) is 10.5 Å². The van der Waals surface area contributed by atoms with E-state index in [4.69, 9.17) is 16.3 Å². The summed E-state index contributed by atoms with van der Waals surface area (Å²) in [5.41, 5.74) is 1.42. The predicted octanol–water partition coefficient (Wildman–Crippen LogP) is 1.88. The molecule has 0 bridgehead atoms. The Morgan fingerprint density at radius 1 is 1.38 bits per heavy atom. The molecule has 0 unspecified atom stereocenters. The van der Waals surface area contributed by atoms with Gasteiger partial charge in [-0.05, 0) is 18.2 Å². The zero-order chi connectivity index (χ0) is 14.7. The largest absolute Gasteiger partial charge is 0.379 e. The molecule has 0 atom stereocenters. The highest BCUT2D eigenvalue weighted by atomic mass is 35.5. The Balaban J connectivity index is 1.57. The lowest BCUT2D eigenvalue weighted by Gasteiger charge is -2.26. The van der Waals surface area contributed by atoms with Crippen molar-refractivity contribution in [1.29, 1.82) is 0 Å². The van der Waals surface area contributed by atoms with Crippen molar-refractivity contribution >= 4 is 28.4 Å². The number of benzene rings is 1. The van der Waals surface area contributed by atoms with Gasteiger partial charge < -0.3 is 15.0 Å². The fourth-order valence-electron chi connectivity index (χ4n) is 2.49. The Morgan fingerprint density at radius 2 is 2.19 bits per heavy atom. The van der Waals surface area contributed by atoms with Crippen LogP contribution in [-0.4, -0.2) is 55.2 Å².